The van der Waals surface area contributed by atoms with E-state index >= 15 is 0 Å². The molecule has 0 atom stereocenters. The maximum Gasteiger partial charge on any atom is 0.103 e. The van der Waals surface area contributed by atoms with Crippen LogP contribution in [0, 0.1) is 5.41 Å². The van der Waals surface area contributed by atoms with E-state index in [0.717, 1.165) is 0 Å². The molecule has 1 rings (SSSR count). The normalized spacial score (nSPS) is 24.6. The van der Waals surface area contributed by atoms with Crippen LogP contribution in [0.15, 0.2) is 21.6 Å². The van der Waals surface area contributed by atoms with Crippen molar-refractivity contribution in [1.82, 2.24) is 0 Å². The first kappa shape index (κ1) is 11.6. The lowest BCUT2D eigenvalue weighted by Crippen LogP contribution is -2.39. The van der Waals surface area contributed by atoms with Gasteiger partial charge in [-0.2, -0.15) is 10.2 Å². The van der Waals surface area contributed by atoms with Gasteiger partial charge in [0.25, 0.3) is 0 Å². The SMILES string of the molecule is CC1(C)C=C([Si](C)(C)C)N=NC1(C)C. The molecule has 0 bridgehead atoms. The van der Waals surface area contributed by atoms with Crippen molar-refractivity contribution < 1.29 is 0 Å². The Morgan fingerprint density at radius 3 is 1.93 bits per heavy atom. The Kier molecular flexibility index (Phi) is 2.51. The molecule has 0 N–H and O–H groups in total. The molecular formula is C11H22N2Si. The van der Waals surface area contributed by atoms with E-state index in [1.807, 2.05) is 0 Å². The third-order valence-corrected chi connectivity index (χ3v) is 5.03. The topological polar surface area (TPSA) is 24.7 Å². The van der Waals surface area contributed by atoms with Crippen LogP contribution in [-0.2, 0) is 0 Å². The van der Waals surface area contributed by atoms with Gasteiger partial charge in [-0.05, 0) is 13.8 Å². The summed E-state index contributed by atoms with van der Waals surface area (Å²) in [6.07, 6.45) is 2.33. The minimum absolute atomic E-state index is 0.0733. The van der Waals surface area contributed by atoms with Crippen molar-refractivity contribution in [2.24, 2.45) is 15.6 Å². The van der Waals surface area contributed by atoms with Gasteiger partial charge >= 0.3 is 0 Å². The summed E-state index contributed by atoms with van der Waals surface area (Å²) >= 11 is 0. The van der Waals surface area contributed by atoms with E-state index in [0.29, 0.717) is 0 Å². The highest BCUT2D eigenvalue weighted by Gasteiger charge is 2.40. The smallest absolute Gasteiger partial charge is 0.103 e. The fourth-order valence-electron chi connectivity index (χ4n) is 1.22. The second kappa shape index (κ2) is 3.02. The van der Waals surface area contributed by atoms with Gasteiger partial charge in [-0.1, -0.05) is 39.6 Å². The fourth-order valence-corrected chi connectivity index (χ4v) is 2.37. The molecule has 0 saturated heterocycles. The Bertz CT molecular complexity index is 293. The molecule has 0 amide bonds. The molecule has 0 aromatic carbocycles. The van der Waals surface area contributed by atoms with E-state index in [1.54, 1.807) is 0 Å². The van der Waals surface area contributed by atoms with Crippen LogP contribution in [0.1, 0.15) is 27.7 Å². The predicted molar refractivity (Wildman–Crippen MR) is 64.1 cm³/mol. The van der Waals surface area contributed by atoms with Crippen LogP contribution < -0.4 is 0 Å². The Morgan fingerprint density at radius 2 is 1.57 bits per heavy atom. The maximum absolute atomic E-state index is 4.45. The Labute approximate surface area is 88.5 Å². The lowest BCUT2D eigenvalue weighted by atomic mass is 9.75. The van der Waals surface area contributed by atoms with Gasteiger partial charge in [0.1, 0.15) is 8.07 Å². The van der Waals surface area contributed by atoms with Crippen LogP contribution in [-0.4, -0.2) is 13.6 Å². The molecule has 0 radical (unpaired) electrons. The van der Waals surface area contributed by atoms with Crippen molar-refractivity contribution >= 4 is 8.07 Å². The highest BCUT2D eigenvalue weighted by molar-refractivity contribution is 6.83. The van der Waals surface area contributed by atoms with Crippen LogP contribution in [0.5, 0.6) is 0 Å². The molecule has 1 aliphatic heterocycles. The molecule has 0 saturated carbocycles. The molecule has 0 aromatic heterocycles. The average Bonchev–Trinajstić information content (AvgIpc) is 1.92. The second-order valence-electron chi connectivity index (χ2n) is 6.26. The molecule has 80 valence electrons. The molecule has 0 spiro atoms. The minimum atomic E-state index is -1.31. The zero-order chi connectivity index (χ0) is 11.2. The molecule has 0 unspecified atom stereocenters. The van der Waals surface area contributed by atoms with Gasteiger partial charge in [0.2, 0.25) is 0 Å². The third-order valence-electron chi connectivity index (χ3n) is 3.25. The largest absolute Gasteiger partial charge is 0.182 e. The molecule has 3 heteroatoms. The van der Waals surface area contributed by atoms with Gasteiger partial charge in [-0.15, -0.1) is 0 Å². The minimum Gasteiger partial charge on any atom is -0.182 e. The second-order valence-corrected chi connectivity index (χ2v) is 11.3. The molecule has 14 heavy (non-hydrogen) atoms. The van der Waals surface area contributed by atoms with Crippen molar-refractivity contribution in [1.29, 1.82) is 0 Å². The van der Waals surface area contributed by atoms with Gasteiger partial charge in [-0.3, -0.25) is 0 Å². The van der Waals surface area contributed by atoms with E-state index in [4.69, 9.17) is 0 Å². The van der Waals surface area contributed by atoms with E-state index in [1.165, 1.54) is 5.32 Å². The predicted octanol–water partition coefficient (Wildman–Crippen LogP) is 4.02. The zero-order valence-corrected chi connectivity index (χ0v) is 11.5. The molecule has 2 nitrogen and oxygen atoms in total. The molecule has 1 aliphatic rings. The summed E-state index contributed by atoms with van der Waals surface area (Å²) in [4.78, 5) is 0. The standard InChI is InChI=1S/C11H22N2Si/c1-10(2)8-9(14(5,6)7)12-13-11(10,3)4/h8H,1-7H3. The van der Waals surface area contributed by atoms with Gasteiger partial charge in [0.05, 0.1) is 5.54 Å². The van der Waals surface area contributed by atoms with Crippen molar-refractivity contribution in [3.63, 3.8) is 0 Å². The lowest BCUT2D eigenvalue weighted by Gasteiger charge is -2.39. The van der Waals surface area contributed by atoms with E-state index in [9.17, 15) is 0 Å². The summed E-state index contributed by atoms with van der Waals surface area (Å²) in [7, 11) is -1.31. The average molecular weight is 210 g/mol. The monoisotopic (exact) mass is 210 g/mol. The van der Waals surface area contributed by atoms with Crippen LogP contribution in [0.4, 0.5) is 0 Å². The number of nitrogens with zero attached hydrogens (tertiary/aromatic N) is 2. The summed E-state index contributed by atoms with van der Waals surface area (Å²) in [6, 6.07) is 0. The van der Waals surface area contributed by atoms with Crippen LogP contribution >= 0.6 is 0 Å². The fraction of sp³-hybridized carbons (Fsp3) is 0.818. The first-order chi connectivity index (χ1) is 6.06. The summed E-state index contributed by atoms with van der Waals surface area (Å²) in [5.74, 6) is 0. The van der Waals surface area contributed by atoms with E-state index < -0.39 is 8.07 Å². The zero-order valence-electron chi connectivity index (χ0n) is 10.5. The summed E-state index contributed by atoms with van der Waals surface area (Å²) in [5, 5.41) is 10.1. The number of azo groups is 1. The van der Waals surface area contributed by atoms with Crippen molar-refractivity contribution in [2.45, 2.75) is 52.9 Å². The highest BCUT2D eigenvalue weighted by atomic mass is 28.3. The first-order valence-corrected chi connectivity index (χ1v) is 8.72. The summed E-state index contributed by atoms with van der Waals surface area (Å²) in [5.41, 5.74) is 0.0422. The van der Waals surface area contributed by atoms with Crippen molar-refractivity contribution in [3.05, 3.63) is 11.4 Å². The first-order valence-electron chi connectivity index (χ1n) is 5.22. The Balaban J connectivity index is 3.11. The number of hydrogen-bond acceptors (Lipinski definition) is 2. The summed E-state index contributed by atoms with van der Waals surface area (Å²) < 4.78 is 0. The van der Waals surface area contributed by atoms with E-state index in [-0.39, 0.29) is 11.0 Å². The quantitative estimate of drug-likeness (QED) is 0.584. The lowest BCUT2D eigenvalue weighted by molar-refractivity contribution is 0.253. The Morgan fingerprint density at radius 1 is 1.07 bits per heavy atom. The van der Waals surface area contributed by atoms with Gasteiger partial charge in [0, 0.05) is 10.7 Å². The number of hydrogen-bond donors (Lipinski definition) is 0. The molecule has 1 heterocycles. The molecule has 0 aromatic rings. The van der Waals surface area contributed by atoms with Crippen LogP contribution in [0.25, 0.3) is 0 Å². The Hall–Kier alpha value is -0.443. The van der Waals surface area contributed by atoms with Gasteiger partial charge < -0.3 is 0 Å². The van der Waals surface area contributed by atoms with Gasteiger partial charge in [-0.25, -0.2) is 0 Å². The molecular weight excluding hydrogens is 188 g/mol. The summed E-state index contributed by atoms with van der Waals surface area (Å²) in [6.45, 7) is 15.7. The van der Waals surface area contributed by atoms with Gasteiger partial charge in [0.15, 0.2) is 0 Å². The van der Waals surface area contributed by atoms with Crippen molar-refractivity contribution in [3.8, 4) is 0 Å². The van der Waals surface area contributed by atoms with E-state index in [2.05, 4.69) is 63.6 Å². The third kappa shape index (κ3) is 1.97. The van der Waals surface area contributed by atoms with Crippen molar-refractivity contribution in [2.75, 3.05) is 0 Å². The highest BCUT2D eigenvalue weighted by Crippen LogP contribution is 2.41. The number of rotatable bonds is 1. The molecule has 0 fully saturated rings. The van der Waals surface area contributed by atoms with Crippen LogP contribution in [0.2, 0.25) is 19.6 Å². The molecule has 0 aliphatic carbocycles. The van der Waals surface area contributed by atoms with Crippen LogP contribution in [0.3, 0.4) is 0 Å². The maximum atomic E-state index is 4.45.